The molecule has 0 aromatic heterocycles. The van der Waals surface area contributed by atoms with E-state index in [9.17, 15) is 4.79 Å². The highest BCUT2D eigenvalue weighted by atomic mass is 35.5. The Balaban J connectivity index is 1.59. The molecule has 0 heterocycles. The first-order chi connectivity index (χ1) is 9.61. The standard InChI is InChI=1S/C16H17Cl2NO/c17-13-5-3-11(14(18)9-13)4-6-16(20)19-15-8-10-1-2-12(15)7-10/h3-6,9-10,12,15H,1-2,7-8H2,(H,19,20). The molecule has 0 spiro atoms. The van der Waals surface area contributed by atoms with Crippen molar-refractivity contribution in [2.24, 2.45) is 11.8 Å². The molecule has 2 fully saturated rings. The number of benzene rings is 1. The second-order valence-corrected chi connectivity index (χ2v) is 6.63. The third kappa shape index (κ3) is 3.02. The monoisotopic (exact) mass is 309 g/mol. The summed E-state index contributed by atoms with van der Waals surface area (Å²) in [7, 11) is 0. The van der Waals surface area contributed by atoms with Gasteiger partial charge < -0.3 is 5.32 Å². The van der Waals surface area contributed by atoms with E-state index in [1.165, 1.54) is 19.3 Å². The number of carbonyl (C=O) groups is 1. The van der Waals surface area contributed by atoms with Gasteiger partial charge in [0.25, 0.3) is 0 Å². The van der Waals surface area contributed by atoms with Crippen molar-refractivity contribution in [2.75, 3.05) is 0 Å². The van der Waals surface area contributed by atoms with Crippen molar-refractivity contribution in [3.8, 4) is 0 Å². The van der Waals surface area contributed by atoms with Gasteiger partial charge in [0.2, 0.25) is 5.91 Å². The van der Waals surface area contributed by atoms with Crippen molar-refractivity contribution in [1.82, 2.24) is 5.32 Å². The Morgan fingerprint density at radius 1 is 1.25 bits per heavy atom. The minimum atomic E-state index is -0.0337. The van der Waals surface area contributed by atoms with Gasteiger partial charge in [-0.1, -0.05) is 35.7 Å². The molecule has 1 N–H and O–H groups in total. The van der Waals surface area contributed by atoms with Crippen LogP contribution in [0.15, 0.2) is 24.3 Å². The van der Waals surface area contributed by atoms with E-state index in [4.69, 9.17) is 23.2 Å². The van der Waals surface area contributed by atoms with Gasteiger partial charge in [0.15, 0.2) is 0 Å². The number of fused-ring (bicyclic) bond motifs is 2. The lowest BCUT2D eigenvalue weighted by atomic mass is 9.95. The number of amides is 1. The molecule has 2 nitrogen and oxygen atoms in total. The van der Waals surface area contributed by atoms with Gasteiger partial charge in [0, 0.05) is 22.2 Å². The fourth-order valence-corrected chi connectivity index (χ4v) is 3.93. The normalized spacial score (nSPS) is 28.2. The smallest absolute Gasteiger partial charge is 0.244 e. The summed E-state index contributed by atoms with van der Waals surface area (Å²) >= 11 is 11.9. The lowest BCUT2D eigenvalue weighted by Gasteiger charge is -2.22. The second-order valence-electron chi connectivity index (χ2n) is 5.79. The number of hydrogen-bond donors (Lipinski definition) is 1. The summed E-state index contributed by atoms with van der Waals surface area (Å²) in [6, 6.07) is 5.62. The van der Waals surface area contributed by atoms with Crippen LogP contribution < -0.4 is 5.32 Å². The predicted molar refractivity (Wildman–Crippen MR) is 82.9 cm³/mol. The molecule has 0 radical (unpaired) electrons. The molecular weight excluding hydrogens is 293 g/mol. The number of halogens is 2. The van der Waals surface area contributed by atoms with Gasteiger partial charge in [0.1, 0.15) is 0 Å². The summed E-state index contributed by atoms with van der Waals surface area (Å²) in [5.41, 5.74) is 0.805. The van der Waals surface area contributed by atoms with Crippen LogP contribution in [0.4, 0.5) is 0 Å². The molecule has 4 heteroatoms. The molecule has 1 aromatic rings. The number of nitrogens with one attached hydrogen (secondary N) is 1. The summed E-state index contributed by atoms with van der Waals surface area (Å²) in [5.74, 6) is 1.49. The van der Waals surface area contributed by atoms with E-state index in [0.29, 0.717) is 22.0 Å². The Morgan fingerprint density at radius 3 is 2.75 bits per heavy atom. The highest BCUT2D eigenvalue weighted by Crippen LogP contribution is 2.44. The topological polar surface area (TPSA) is 29.1 Å². The first-order valence-corrected chi connectivity index (χ1v) is 7.81. The Morgan fingerprint density at radius 2 is 2.10 bits per heavy atom. The molecule has 0 aliphatic heterocycles. The van der Waals surface area contributed by atoms with Crippen LogP contribution >= 0.6 is 23.2 Å². The van der Waals surface area contributed by atoms with Gasteiger partial charge in [0.05, 0.1) is 0 Å². The van der Waals surface area contributed by atoms with Crippen LogP contribution in [-0.4, -0.2) is 11.9 Å². The van der Waals surface area contributed by atoms with E-state index in [1.807, 2.05) is 6.07 Å². The van der Waals surface area contributed by atoms with E-state index in [0.717, 1.165) is 17.9 Å². The van der Waals surface area contributed by atoms with E-state index in [1.54, 1.807) is 24.3 Å². The van der Waals surface area contributed by atoms with Gasteiger partial charge in [-0.05, 0) is 54.9 Å². The van der Waals surface area contributed by atoms with Gasteiger partial charge in [-0.15, -0.1) is 0 Å². The molecule has 106 valence electrons. The van der Waals surface area contributed by atoms with E-state index in [-0.39, 0.29) is 5.91 Å². The lowest BCUT2D eigenvalue weighted by molar-refractivity contribution is -0.117. The Kier molecular flexibility index (Phi) is 4.04. The molecule has 1 amide bonds. The van der Waals surface area contributed by atoms with Crippen LogP contribution in [0.25, 0.3) is 6.08 Å². The van der Waals surface area contributed by atoms with Crippen molar-refractivity contribution >= 4 is 35.2 Å². The fraction of sp³-hybridized carbons (Fsp3) is 0.438. The lowest BCUT2D eigenvalue weighted by Crippen LogP contribution is -2.37. The molecule has 2 aliphatic rings. The van der Waals surface area contributed by atoms with E-state index < -0.39 is 0 Å². The highest BCUT2D eigenvalue weighted by molar-refractivity contribution is 6.35. The van der Waals surface area contributed by atoms with Crippen LogP contribution in [0.5, 0.6) is 0 Å². The Hall–Kier alpha value is -0.990. The zero-order chi connectivity index (χ0) is 14.1. The Labute approximate surface area is 129 Å². The van der Waals surface area contributed by atoms with Crippen molar-refractivity contribution in [1.29, 1.82) is 0 Å². The molecule has 2 saturated carbocycles. The van der Waals surface area contributed by atoms with Crippen LogP contribution in [-0.2, 0) is 4.79 Å². The fourth-order valence-electron chi connectivity index (χ4n) is 3.45. The van der Waals surface area contributed by atoms with Crippen LogP contribution in [0, 0.1) is 11.8 Å². The average molecular weight is 310 g/mol. The summed E-state index contributed by atoms with van der Waals surface area (Å²) in [5, 5.41) is 4.27. The Bertz CT molecular complexity index is 555. The maximum atomic E-state index is 12.0. The first kappa shape index (κ1) is 14.0. The summed E-state index contributed by atoms with van der Waals surface area (Å²) in [4.78, 5) is 12.0. The maximum absolute atomic E-state index is 12.0. The SMILES string of the molecule is O=C(C=Cc1ccc(Cl)cc1Cl)NC1CC2CCC1C2. The average Bonchev–Trinajstić information content (AvgIpc) is 3.00. The van der Waals surface area contributed by atoms with Gasteiger partial charge in [-0.2, -0.15) is 0 Å². The molecule has 2 aliphatic carbocycles. The number of hydrogen-bond acceptors (Lipinski definition) is 1. The molecule has 3 rings (SSSR count). The van der Waals surface area contributed by atoms with Crippen LogP contribution in [0.2, 0.25) is 10.0 Å². The van der Waals surface area contributed by atoms with Gasteiger partial charge in [-0.25, -0.2) is 0 Å². The van der Waals surface area contributed by atoms with Crippen molar-refractivity contribution in [3.63, 3.8) is 0 Å². The number of carbonyl (C=O) groups excluding carboxylic acids is 1. The first-order valence-electron chi connectivity index (χ1n) is 7.05. The van der Waals surface area contributed by atoms with Crippen LogP contribution in [0.3, 0.4) is 0 Å². The second kappa shape index (κ2) is 5.79. The highest BCUT2D eigenvalue weighted by Gasteiger charge is 2.39. The van der Waals surface area contributed by atoms with Crippen molar-refractivity contribution in [3.05, 3.63) is 39.9 Å². The van der Waals surface area contributed by atoms with E-state index in [2.05, 4.69) is 5.32 Å². The van der Waals surface area contributed by atoms with Crippen molar-refractivity contribution < 1.29 is 4.79 Å². The zero-order valence-electron chi connectivity index (χ0n) is 11.1. The number of rotatable bonds is 3. The minimum Gasteiger partial charge on any atom is -0.350 e. The summed E-state index contributed by atoms with van der Waals surface area (Å²) in [6.07, 6.45) is 8.33. The van der Waals surface area contributed by atoms with Gasteiger partial charge >= 0.3 is 0 Å². The molecule has 3 unspecified atom stereocenters. The minimum absolute atomic E-state index is 0.0337. The maximum Gasteiger partial charge on any atom is 0.244 e. The predicted octanol–water partition coefficient (Wildman–Crippen LogP) is 4.31. The molecule has 0 saturated heterocycles. The molecule has 2 bridgehead atoms. The molecule has 1 aromatic carbocycles. The zero-order valence-corrected chi connectivity index (χ0v) is 12.6. The molecule has 3 atom stereocenters. The van der Waals surface area contributed by atoms with Crippen molar-refractivity contribution in [2.45, 2.75) is 31.7 Å². The summed E-state index contributed by atoms with van der Waals surface area (Å²) in [6.45, 7) is 0. The van der Waals surface area contributed by atoms with Crippen LogP contribution in [0.1, 0.15) is 31.2 Å². The summed E-state index contributed by atoms with van der Waals surface area (Å²) < 4.78 is 0. The third-order valence-electron chi connectivity index (χ3n) is 4.44. The largest absolute Gasteiger partial charge is 0.350 e. The molecule has 20 heavy (non-hydrogen) atoms. The van der Waals surface area contributed by atoms with E-state index >= 15 is 0 Å². The molecular formula is C16H17Cl2NO. The quantitative estimate of drug-likeness (QED) is 0.828. The van der Waals surface area contributed by atoms with Gasteiger partial charge in [-0.3, -0.25) is 4.79 Å². The third-order valence-corrected chi connectivity index (χ3v) is 5.00.